The Morgan fingerprint density at radius 2 is 2.16 bits per heavy atom. The van der Waals surface area contributed by atoms with Crippen molar-refractivity contribution in [2.75, 3.05) is 7.05 Å². The minimum absolute atomic E-state index is 0.343. The average Bonchev–Trinajstić information content (AvgIpc) is 2.92. The molecule has 3 rings (SSSR count). The van der Waals surface area contributed by atoms with Gasteiger partial charge in [-0.25, -0.2) is 4.98 Å². The van der Waals surface area contributed by atoms with Crippen LogP contribution in [0.2, 0.25) is 0 Å². The first-order valence-electron chi connectivity index (χ1n) is 6.70. The number of aromatic nitrogens is 1. The van der Waals surface area contributed by atoms with Crippen LogP contribution in [0.5, 0.6) is 0 Å². The van der Waals surface area contributed by atoms with E-state index in [-0.39, 0.29) is 0 Å². The number of rotatable bonds is 2. The Labute approximate surface area is 122 Å². The third-order valence-corrected chi connectivity index (χ3v) is 5.99. The number of thiophene rings is 1. The molecule has 2 aromatic rings. The zero-order valence-corrected chi connectivity index (χ0v) is 13.5. The van der Waals surface area contributed by atoms with Crippen LogP contribution in [0.4, 0.5) is 0 Å². The lowest BCUT2D eigenvalue weighted by atomic mass is 9.76. The Morgan fingerprint density at radius 1 is 1.37 bits per heavy atom. The number of hydrogen-bond acceptors (Lipinski definition) is 4. The van der Waals surface area contributed by atoms with Gasteiger partial charge in [0.1, 0.15) is 5.01 Å². The summed E-state index contributed by atoms with van der Waals surface area (Å²) in [5.74, 6) is 0. The molecular formula is C15H20N2S2. The predicted octanol–water partition coefficient (Wildman–Crippen LogP) is 4.41. The van der Waals surface area contributed by atoms with Crippen molar-refractivity contribution >= 4 is 22.7 Å². The van der Waals surface area contributed by atoms with E-state index in [1.54, 1.807) is 11.3 Å². The van der Waals surface area contributed by atoms with Gasteiger partial charge in [0.2, 0.25) is 0 Å². The standard InChI is InChI=1S/C15H20N2S2/c1-9-7-18-8-10(9)14-17-12-6-15(2,3)5-11(16-4)13(12)19-14/h7-8,11,16H,5-6H2,1-4H3. The molecule has 1 N–H and O–H groups in total. The zero-order valence-electron chi connectivity index (χ0n) is 11.9. The zero-order chi connectivity index (χ0) is 13.6. The van der Waals surface area contributed by atoms with Crippen LogP contribution < -0.4 is 5.32 Å². The van der Waals surface area contributed by atoms with Crippen LogP contribution in [-0.4, -0.2) is 12.0 Å². The Kier molecular flexibility index (Phi) is 3.28. The van der Waals surface area contributed by atoms with Crippen molar-refractivity contribution in [3.63, 3.8) is 0 Å². The van der Waals surface area contributed by atoms with Crippen LogP contribution in [0.1, 0.15) is 42.4 Å². The van der Waals surface area contributed by atoms with Gasteiger partial charge in [-0.1, -0.05) is 13.8 Å². The van der Waals surface area contributed by atoms with Gasteiger partial charge < -0.3 is 5.32 Å². The maximum Gasteiger partial charge on any atom is 0.125 e. The quantitative estimate of drug-likeness (QED) is 0.886. The molecule has 0 bridgehead atoms. The monoisotopic (exact) mass is 292 g/mol. The van der Waals surface area contributed by atoms with Gasteiger partial charge in [-0.05, 0) is 43.2 Å². The van der Waals surface area contributed by atoms with Gasteiger partial charge in [0.05, 0.1) is 5.69 Å². The van der Waals surface area contributed by atoms with E-state index in [2.05, 4.69) is 43.9 Å². The average molecular weight is 292 g/mol. The summed E-state index contributed by atoms with van der Waals surface area (Å²) >= 11 is 3.64. The van der Waals surface area contributed by atoms with E-state index in [1.807, 2.05) is 11.3 Å². The third-order valence-electron chi connectivity index (χ3n) is 3.88. The molecule has 0 aromatic carbocycles. The van der Waals surface area contributed by atoms with Gasteiger partial charge in [-0.3, -0.25) is 0 Å². The van der Waals surface area contributed by atoms with Gasteiger partial charge in [0.15, 0.2) is 0 Å². The van der Waals surface area contributed by atoms with E-state index in [4.69, 9.17) is 4.98 Å². The SMILES string of the molecule is CNC1CC(C)(C)Cc2nc(-c3cscc3C)sc21. The normalized spacial score (nSPS) is 21.4. The number of nitrogens with zero attached hydrogens (tertiary/aromatic N) is 1. The van der Waals surface area contributed by atoms with Crippen molar-refractivity contribution < 1.29 is 0 Å². The smallest absolute Gasteiger partial charge is 0.125 e. The van der Waals surface area contributed by atoms with Gasteiger partial charge in [-0.15, -0.1) is 11.3 Å². The first-order chi connectivity index (χ1) is 9.00. The summed E-state index contributed by atoms with van der Waals surface area (Å²) in [4.78, 5) is 6.38. The first kappa shape index (κ1) is 13.3. The van der Waals surface area contributed by atoms with E-state index in [0.717, 1.165) is 6.42 Å². The Morgan fingerprint density at radius 3 is 2.79 bits per heavy atom. The highest BCUT2D eigenvalue weighted by molar-refractivity contribution is 7.16. The molecule has 0 fully saturated rings. The van der Waals surface area contributed by atoms with Gasteiger partial charge >= 0.3 is 0 Å². The highest BCUT2D eigenvalue weighted by Gasteiger charge is 2.34. The number of aryl methyl sites for hydroxylation is 1. The van der Waals surface area contributed by atoms with Gasteiger partial charge in [0, 0.05) is 21.9 Å². The number of hydrogen-bond donors (Lipinski definition) is 1. The second-order valence-electron chi connectivity index (χ2n) is 6.18. The Bertz CT molecular complexity index is 595. The van der Waals surface area contributed by atoms with Crippen LogP contribution in [-0.2, 0) is 6.42 Å². The molecule has 0 amide bonds. The molecule has 102 valence electrons. The molecule has 1 atom stereocenters. The predicted molar refractivity (Wildman–Crippen MR) is 84.1 cm³/mol. The van der Waals surface area contributed by atoms with E-state index in [9.17, 15) is 0 Å². The highest BCUT2D eigenvalue weighted by atomic mass is 32.1. The molecule has 2 nitrogen and oxygen atoms in total. The maximum absolute atomic E-state index is 4.93. The molecule has 1 unspecified atom stereocenters. The van der Waals surface area contributed by atoms with E-state index >= 15 is 0 Å². The lowest BCUT2D eigenvalue weighted by molar-refractivity contribution is 0.265. The number of thiazole rings is 1. The summed E-state index contributed by atoms with van der Waals surface area (Å²) in [6.45, 7) is 6.86. The van der Waals surface area contributed by atoms with Crippen molar-refractivity contribution in [2.24, 2.45) is 5.41 Å². The summed E-state index contributed by atoms with van der Waals surface area (Å²) in [6.07, 6.45) is 2.29. The fourth-order valence-corrected chi connectivity index (χ4v) is 5.04. The molecule has 0 radical (unpaired) electrons. The summed E-state index contributed by atoms with van der Waals surface area (Å²) in [7, 11) is 2.06. The fourth-order valence-electron chi connectivity index (χ4n) is 2.86. The molecule has 0 saturated carbocycles. The van der Waals surface area contributed by atoms with Gasteiger partial charge in [-0.2, -0.15) is 11.3 Å². The van der Waals surface area contributed by atoms with Crippen LogP contribution in [0.3, 0.4) is 0 Å². The fraction of sp³-hybridized carbons (Fsp3) is 0.533. The molecule has 2 heterocycles. The van der Waals surface area contributed by atoms with E-state index in [1.165, 1.54) is 33.1 Å². The molecule has 19 heavy (non-hydrogen) atoms. The minimum atomic E-state index is 0.343. The summed E-state index contributed by atoms with van der Waals surface area (Å²) < 4.78 is 0. The molecular weight excluding hydrogens is 272 g/mol. The van der Waals surface area contributed by atoms with Crippen molar-refractivity contribution in [2.45, 2.75) is 39.7 Å². The highest BCUT2D eigenvalue weighted by Crippen LogP contribution is 2.45. The molecule has 0 aliphatic heterocycles. The van der Waals surface area contributed by atoms with Crippen LogP contribution >= 0.6 is 22.7 Å². The summed E-state index contributed by atoms with van der Waals surface area (Å²) in [5, 5.41) is 9.08. The maximum atomic E-state index is 4.93. The van der Waals surface area contributed by atoms with Crippen LogP contribution in [0.25, 0.3) is 10.6 Å². The summed E-state index contributed by atoms with van der Waals surface area (Å²) in [6, 6.07) is 0.462. The molecule has 1 aliphatic rings. The second-order valence-corrected chi connectivity index (χ2v) is 7.96. The third kappa shape index (κ3) is 2.37. The molecule has 1 aliphatic carbocycles. The van der Waals surface area contributed by atoms with Crippen molar-refractivity contribution in [1.29, 1.82) is 0 Å². The molecule has 0 spiro atoms. The molecule has 4 heteroatoms. The van der Waals surface area contributed by atoms with Crippen molar-refractivity contribution in [3.8, 4) is 10.6 Å². The van der Waals surface area contributed by atoms with E-state index in [0.29, 0.717) is 11.5 Å². The van der Waals surface area contributed by atoms with Crippen LogP contribution in [0.15, 0.2) is 10.8 Å². The Hall–Kier alpha value is -0.710. The van der Waals surface area contributed by atoms with Crippen molar-refractivity contribution in [1.82, 2.24) is 10.3 Å². The van der Waals surface area contributed by atoms with Crippen molar-refractivity contribution in [3.05, 3.63) is 26.9 Å². The number of fused-ring (bicyclic) bond motifs is 1. The molecule has 0 saturated heterocycles. The topological polar surface area (TPSA) is 24.9 Å². The largest absolute Gasteiger partial charge is 0.312 e. The lowest BCUT2D eigenvalue weighted by Gasteiger charge is -2.34. The lowest BCUT2D eigenvalue weighted by Crippen LogP contribution is -2.30. The Balaban J connectivity index is 2.05. The van der Waals surface area contributed by atoms with Gasteiger partial charge in [0.25, 0.3) is 0 Å². The molecule has 2 aromatic heterocycles. The number of nitrogens with one attached hydrogen (secondary N) is 1. The second kappa shape index (κ2) is 4.69. The summed E-state index contributed by atoms with van der Waals surface area (Å²) in [5.41, 5.74) is 4.31. The van der Waals surface area contributed by atoms with E-state index < -0.39 is 0 Å². The van der Waals surface area contributed by atoms with Crippen LogP contribution in [0, 0.1) is 12.3 Å². The minimum Gasteiger partial charge on any atom is -0.312 e. The first-order valence-corrected chi connectivity index (χ1v) is 8.46.